The van der Waals surface area contributed by atoms with E-state index in [1.807, 2.05) is 13.0 Å². The molecule has 7 nitrogen and oxygen atoms in total. The maximum absolute atomic E-state index is 13.3. The van der Waals surface area contributed by atoms with Gasteiger partial charge in [0.05, 0.1) is 17.9 Å². The highest BCUT2D eigenvalue weighted by molar-refractivity contribution is 9.10. The predicted octanol–water partition coefficient (Wildman–Crippen LogP) is 1.35. The van der Waals surface area contributed by atoms with E-state index >= 15 is 0 Å². The number of amides is 3. The number of hydrogen-bond donors (Lipinski definition) is 3. The van der Waals surface area contributed by atoms with Crippen LogP contribution in [0, 0.1) is 11.8 Å². The quantitative estimate of drug-likeness (QED) is 0.619. The molecule has 8 heteroatoms. The van der Waals surface area contributed by atoms with Crippen LogP contribution in [0.3, 0.4) is 0 Å². The van der Waals surface area contributed by atoms with Crippen LogP contribution in [0.15, 0.2) is 22.7 Å². The highest BCUT2D eigenvalue weighted by atomic mass is 79.9. The Bertz CT molecular complexity index is 842. The van der Waals surface area contributed by atoms with Gasteiger partial charge in [-0.1, -0.05) is 29.3 Å². The third kappa shape index (κ3) is 2.43. The fourth-order valence-corrected chi connectivity index (χ4v) is 5.08. The number of nitrogens with one attached hydrogen (secondary N) is 2. The maximum atomic E-state index is 13.3. The second kappa shape index (κ2) is 6.39. The van der Waals surface area contributed by atoms with Crippen LogP contribution in [-0.4, -0.2) is 46.4 Å². The molecule has 1 aromatic rings. The smallest absolute Gasteiger partial charge is 0.250 e. The van der Waals surface area contributed by atoms with Crippen LogP contribution in [0.5, 0.6) is 0 Å². The van der Waals surface area contributed by atoms with Gasteiger partial charge in [-0.15, -0.1) is 0 Å². The molecule has 27 heavy (non-hydrogen) atoms. The fourth-order valence-electron chi connectivity index (χ4n) is 4.71. The number of unbranched alkanes of at least 4 members (excludes halogenated alkanes) is 1. The number of nitrogens with zero attached hydrogens (tertiary/aromatic N) is 1. The van der Waals surface area contributed by atoms with E-state index in [0.29, 0.717) is 24.2 Å². The van der Waals surface area contributed by atoms with E-state index in [1.54, 1.807) is 19.1 Å². The molecule has 3 heterocycles. The molecule has 0 aliphatic carbocycles. The van der Waals surface area contributed by atoms with Crippen molar-refractivity contribution in [2.75, 3.05) is 11.9 Å². The van der Waals surface area contributed by atoms with Crippen molar-refractivity contribution in [3.63, 3.8) is 0 Å². The largest absolute Gasteiger partial charge is 0.392 e. The first-order chi connectivity index (χ1) is 12.8. The lowest BCUT2D eigenvalue weighted by molar-refractivity contribution is -0.143. The third-order valence-corrected chi connectivity index (χ3v) is 6.45. The van der Waals surface area contributed by atoms with E-state index in [9.17, 15) is 19.5 Å². The number of likely N-dealkylation sites (tertiary alicyclic amines) is 1. The number of aliphatic hydroxyl groups is 1. The van der Waals surface area contributed by atoms with E-state index in [2.05, 4.69) is 26.6 Å². The van der Waals surface area contributed by atoms with Crippen molar-refractivity contribution >= 4 is 39.3 Å². The highest BCUT2D eigenvalue weighted by Gasteiger charge is 2.70. The Labute approximate surface area is 165 Å². The van der Waals surface area contributed by atoms with Gasteiger partial charge in [0.1, 0.15) is 5.54 Å². The number of fused-ring (bicyclic) bond motifs is 4. The first-order valence-corrected chi connectivity index (χ1v) is 10.0. The molecule has 2 fully saturated rings. The van der Waals surface area contributed by atoms with Gasteiger partial charge in [-0.2, -0.15) is 0 Å². The van der Waals surface area contributed by atoms with Gasteiger partial charge in [0.2, 0.25) is 17.7 Å². The molecule has 1 aromatic carbocycles. The molecule has 3 aliphatic rings. The van der Waals surface area contributed by atoms with Gasteiger partial charge >= 0.3 is 0 Å². The van der Waals surface area contributed by atoms with Gasteiger partial charge in [-0.05, 0) is 31.5 Å². The lowest BCUT2D eigenvalue weighted by Gasteiger charge is -2.30. The van der Waals surface area contributed by atoms with Gasteiger partial charge in [-0.3, -0.25) is 24.6 Å². The zero-order chi connectivity index (χ0) is 19.5. The maximum Gasteiger partial charge on any atom is 0.250 e. The molecule has 0 aromatic heterocycles. The Balaban J connectivity index is 1.86. The third-order valence-electron chi connectivity index (χ3n) is 5.96. The summed E-state index contributed by atoms with van der Waals surface area (Å²) in [6, 6.07) is 4.71. The van der Waals surface area contributed by atoms with E-state index < -0.39 is 29.5 Å². The first-order valence-electron chi connectivity index (χ1n) is 9.25. The van der Waals surface area contributed by atoms with Crippen molar-refractivity contribution in [2.45, 2.75) is 44.4 Å². The molecule has 0 unspecified atom stereocenters. The summed E-state index contributed by atoms with van der Waals surface area (Å²) in [5.41, 5.74) is -0.0921. The number of rotatable bonds is 4. The van der Waals surface area contributed by atoms with Crippen molar-refractivity contribution < 1.29 is 19.5 Å². The molecule has 4 rings (SSSR count). The summed E-state index contributed by atoms with van der Waals surface area (Å²) in [5.74, 6) is -2.61. The Morgan fingerprint density at radius 1 is 1.30 bits per heavy atom. The van der Waals surface area contributed by atoms with Crippen molar-refractivity contribution in [1.29, 1.82) is 0 Å². The number of aliphatic hydroxyl groups excluding tert-OH is 1. The summed E-state index contributed by atoms with van der Waals surface area (Å²) >= 11 is 3.43. The van der Waals surface area contributed by atoms with Gasteiger partial charge < -0.3 is 10.4 Å². The molecule has 0 radical (unpaired) electrons. The average molecular weight is 436 g/mol. The van der Waals surface area contributed by atoms with Crippen molar-refractivity contribution in [2.24, 2.45) is 11.8 Å². The minimum atomic E-state index is -1.35. The molecule has 0 saturated carbocycles. The monoisotopic (exact) mass is 435 g/mol. The van der Waals surface area contributed by atoms with E-state index in [-0.39, 0.29) is 17.7 Å². The lowest BCUT2D eigenvalue weighted by atomic mass is 9.76. The standard InChI is InChI=1S/C19H22BrN3O4/c1-3-4-7-23-16(25)13-14(17(23)26)19(22-15(13)9(2)24)11-8-10(20)5-6-12(11)21-18(19)27/h5-6,8-9,13-15,22,24H,3-4,7H2,1-2H3,(H,21,27)/t9-,13+,14+,15+,19-/m1/s1. The number of halogens is 1. The predicted molar refractivity (Wildman–Crippen MR) is 102 cm³/mol. The molecular formula is C19H22BrN3O4. The zero-order valence-electron chi connectivity index (χ0n) is 15.2. The molecular weight excluding hydrogens is 414 g/mol. The van der Waals surface area contributed by atoms with Crippen LogP contribution in [-0.2, 0) is 19.9 Å². The molecule has 2 saturated heterocycles. The van der Waals surface area contributed by atoms with Gasteiger partial charge in [0.25, 0.3) is 0 Å². The van der Waals surface area contributed by atoms with Crippen molar-refractivity contribution in [1.82, 2.24) is 10.2 Å². The van der Waals surface area contributed by atoms with Crippen LogP contribution in [0.2, 0.25) is 0 Å². The topological polar surface area (TPSA) is 98.7 Å². The van der Waals surface area contributed by atoms with Gasteiger partial charge in [0, 0.05) is 28.3 Å². The second-order valence-electron chi connectivity index (χ2n) is 7.55. The SMILES string of the molecule is CCCCN1C(=O)[C@@H]2[C@H]([C@@H](C)O)N[C@@]3(C(=O)Nc4ccc(Br)cc43)[C@@H]2C1=O. The van der Waals surface area contributed by atoms with Gasteiger partial charge in [0.15, 0.2) is 0 Å². The minimum Gasteiger partial charge on any atom is -0.392 e. The lowest BCUT2D eigenvalue weighted by Crippen LogP contribution is -2.54. The second-order valence-corrected chi connectivity index (χ2v) is 8.46. The average Bonchev–Trinajstić information content (AvgIpc) is 3.20. The zero-order valence-corrected chi connectivity index (χ0v) is 16.7. The molecule has 144 valence electrons. The number of anilines is 1. The summed E-state index contributed by atoms with van der Waals surface area (Å²) in [4.78, 5) is 40.7. The summed E-state index contributed by atoms with van der Waals surface area (Å²) in [6.07, 6.45) is 0.681. The molecule has 0 bridgehead atoms. The number of hydrogen-bond acceptors (Lipinski definition) is 5. The summed E-state index contributed by atoms with van der Waals surface area (Å²) in [7, 11) is 0. The highest BCUT2D eigenvalue weighted by Crippen LogP contribution is 2.53. The first kappa shape index (κ1) is 18.6. The Morgan fingerprint density at radius 2 is 2.04 bits per heavy atom. The number of carbonyl (C=O) groups is 3. The van der Waals surface area contributed by atoms with E-state index in [4.69, 9.17) is 0 Å². The van der Waals surface area contributed by atoms with Crippen LogP contribution in [0.4, 0.5) is 5.69 Å². The van der Waals surface area contributed by atoms with Crippen LogP contribution in [0.25, 0.3) is 0 Å². The van der Waals surface area contributed by atoms with Gasteiger partial charge in [-0.25, -0.2) is 0 Å². The van der Waals surface area contributed by atoms with E-state index in [1.165, 1.54) is 4.90 Å². The Kier molecular flexibility index (Phi) is 4.40. The molecule has 5 atom stereocenters. The normalized spacial score (nSPS) is 32.8. The Morgan fingerprint density at radius 3 is 2.70 bits per heavy atom. The molecule has 3 N–H and O–H groups in total. The van der Waals surface area contributed by atoms with Crippen molar-refractivity contribution in [3.05, 3.63) is 28.2 Å². The minimum absolute atomic E-state index is 0.301. The number of carbonyl (C=O) groups excluding carboxylic acids is 3. The van der Waals surface area contributed by atoms with Crippen LogP contribution in [0.1, 0.15) is 32.3 Å². The molecule has 1 spiro atoms. The summed E-state index contributed by atoms with van der Waals surface area (Å²) < 4.78 is 0.774. The van der Waals surface area contributed by atoms with Crippen LogP contribution < -0.4 is 10.6 Å². The Hall–Kier alpha value is -1.77. The van der Waals surface area contributed by atoms with Crippen molar-refractivity contribution in [3.8, 4) is 0 Å². The fraction of sp³-hybridized carbons (Fsp3) is 0.526. The summed E-state index contributed by atoms with van der Waals surface area (Å²) in [5, 5.41) is 16.3. The molecule has 3 amide bonds. The summed E-state index contributed by atoms with van der Waals surface area (Å²) in [6.45, 7) is 3.91. The molecule has 3 aliphatic heterocycles. The number of imide groups is 1. The van der Waals surface area contributed by atoms with Crippen LogP contribution >= 0.6 is 15.9 Å². The number of benzene rings is 1. The van der Waals surface area contributed by atoms with E-state index in [0.717, 1.165) is 10.9 Å².